The van der Waals surface area contributed by atoms with Crippen LogP contribution in [0.15, 0.2) is 36.4 Å². The number of aryl methyl sites for hydroxylation is 1. The number of hydrogen-bond acceptors (Lipinski definition) is 3. The van der Waals surface area contributed by atoms with Gasteiger partial charge in [0.25, 0.3) is 5.91 Å². The highest BCUT2D eigenvalue weighted by Crippen LogP contribution is 2.17. The first-order chi connectivity index (χ1) is 10.2. The average Bonchev–Trinajstić information content (AvgIpc) is 3.00. The van der Waals surface area contributed by atoms with E-state index < -0.39 is 0 Å². The predicted octanol–water partition coefficient (Wildman–Crippen LogP) is 2.58. The molecular weight excluding hydrogens is 282 g/mol. The Morgan fingerprint density at radius 3 is 2.81 bits per heavy atom. The molecule has 1 aromatic carbocycles. The summed E-state index contributed by atoms with van der Waals surface area (Å²) < 4.78 is 0. The van der Waals surface area contributed by atoms with Crippen LogP contribution in [0.1, 0.15) is 32.6 Å². The molecule has 0 saturated heterocycles. The molecule has 0 saturated carbocycles. The van der Waals surface area contributed by atoms with Crippen LogP contribution in [0.2, 0.25) is 0 Å². The van der Waals surface area contributed by atoms with Gasteiger partial charge in [-0.25, -0.2) is 0 Å². The van der Waals surface area contributed by atoms with Gasteiger partial charge in [0.1, 0.15) is 6.61 Å². The van der Waals surface area contributed by atoms with Crippen molar-refractivity contribution in [3.05, 3.63) is 57.3 Å². The van der Waals surface area contributed by atoms with Gasteiger partial charge in [0, 0.05) is 17.0 Å². The third-order valence-corrected chi connectivity index (χ3v) is 4.22. The lowest BCUT2D eigenvalue weighted by Crippen LogP contribution is -2.22. The van der Waals surface area contributed by atoms with Crippen LogP contribution in [0.5, 0.6) is 0 Å². The van der Waals surface area contributed by atoms with E-state index in [-0.39, 0.29) is 12.5 Å². The smallest absolute Gasteiger partial charge is 0.261 e. The van der Waals surface area contributed by atoms with Gasteiger partial charge < -0.3 is 10.4 Å². The van der Waals surface area contributed by atoms with Crippen LogP contribution in [0.4, 0.5) is 0 Å². The van der Waals surface area contributed by atoms with E-state index in [4.69, 9.17) is 5.11 Å². The van der Waals surface area contributed by atoms with Gasteiger partial charge in [0.15, 0.2) is 0 Å². The molecule has 0 fully saturated rings. The van der Waals surface area contributed by atoms with Crippen molar-refractivity contribution in [2.75, 3.05) is 6.61 Å². The second kappa shape index (κ2) is 7.63. The van der Waals surface area contributed by atoms with Gasteiger partial charge in [-0.1, -0.05) is 37.0 Å². The molecule has 0 unspecified atom stereocenters. The van der Waals surface area contributed by atoms with Crippen molar-refractivity contribution < 1.29 is 9.90 Å². The van der Waals surface area contributed by atoms with Crippen LogP contribution in [0.3, 0.4) is 0 Å². The van der Waals surface area contributed by atoms with E-state index in [0.717, 1.165) is 22.4 Å². The van der Waals surface area contributed by atoms with Gasteiger partial charge in [-0.2, -0.15) is 0 Å². The zero-order chi connectivity index (χ0) is 15.1. The molecule has 2 rings (SSSR count). The molecule has 3 nitrogen and oxygen atoms in total. The zero-order valence-electron chi connectivity index (χ0n) is 11.8. The maximum atomic E-state index is 12.1. The second-order valence-electron chi connectivity index (χ2n) is 4.42. The number of carbonyl (C=O) groups is 1. The largest absolute Gasteiger partial charge is 0.384 e. The first kappa shape index (κ1) is 15.3. The molecular formula is C17H17NO2S. The predicted molar refractivity (Wildman–Crippen MR) is 85.3 cm³/mol. The minimum absolute atomic E-state index is 0.0652. The van der Waals surface area contributed by atoms with E-state index in [0.29, 0.717) is 6.54 Å². The molecule has 0 atom stereocenters. The summed E-state index contributed by atoms with van der Waals surface area (Å²) in [5.74, 6) is 5.46. The van der Waals surface area contributed by atoms with Crippen molar-refractivity contribution in [1.82, 2.24) is 5.32 Å². The molecule has 21 heavy (non-hydrogen) atoms. The molecule has 1 amide bonds. The molecule has 2 N–H and O–H groups in total. The van der Waals surface area contributed by atoms with E-state index in [2.05, 4.69) is 24.1 Å². The van der Waals surface area contributed by atoms with E-state index >= 15 is 0 Å². The first-order valence-corrected chi connectivity index (χ1v) is 7.60. The fourth-order valence-corrected chi connectivity index (χ4v) is 2.75. The van der Waals surface area contributed by atoms with Crippen molar-refractivity contribution in [1.29, 1.82) is 0 Å². The van der Waals surface area contributed by atoms with Crippen LogP contribution in [0, 0.1) is 11.8 Å². The molecule has 4 heteroatoms. The van der Waals surface area contributed by atoms with Gasteiger partial charge >= 0.3 is 0 Å². The summed E-state index contributed by atoms with van der Waals surface area (Å²) in [6, 6.07) is 11.4. The highest BCUT2D eigenvalue weighted by molar-refractivity contribution is 7.14. The third-order valence-electron chi connectivity index (χ3n) is 2.99. The lowest BCUT2D eigenvalue weighted by molar-refractivity contribution is 0.0955. The Balaban J connectivity index is 2.04. The Morgan fingerprint density at radius 2 is 2.10 bits per heavy atom. The molecule has 108 valence electrons. The molecule has 2 aromatic rings. The Hall–Kier alpha value is -2.09. The number of benzene rings is 1. The molecule has 0 aliphatic rings. The minimum atomic E-state index is -0.171. The Labute approximate surface area is 128 Å². The SMILES string of the molecule is CCc1ccc(C(=O)NCc2ccccc2C#CCO)s1. The van der Waals surface area contributed by atoms with E-state index in [9.17, 15) is 4.79 Å². The molecule has 1 aromatic heterocycles. The standard InChI is InChI=1S/C17H17NO2S/c1-2-15-9-10-16(21-15)17(20)18-12-14-7-4-3-6-13(14)8-5-11-19/h3-4,6-7,9-10,19H,2,11-12H2,1H3,(H,18,20). The number of amides is 1. The van der Waals surface area contributed by atoms with Crippen LogP contribution in [0.25, 0.3) is 0 Å². The van der Waals surface area contributed by atoms with Gasteiger partial charge in [-0.05, 0) is 30.2 Å². The quantitative estimate of drug-likeness (QED) is 0.853. The zero-order valence-corrected chi connectivity index (χ0v) is 12.7. The number of carbonyl (C=O) groups excluding carboxylic acids is 1. The van der Waals surface area contributed by atoms with E-state index in [1.165, 1.54) is 16.2 Å². The van der Waals surface area contributed by atoms with Gasteiger partial charge in [0.2, 0.25) is 0 Å². The van der Waals surface area contributed by atoms with Crippen LogP contribution >= 0.6 is 11.3 Å². The van der Waals surface area contributed by atoms with E-state index in [1.54, 1.807) is 0 Å². The Morgan fingerprint density at radius 1 is 1.29 bits per heavy atom. The summed E-state index contributed by atoms with van der Waals surface area (Å²) in [5.41, 5.74) is 1.77. The monoisotopic (exact) mass is 299 g/mol. The molecule has 1 heterocycles. The van der Waals surface area contributed by atoms with Crippen LogP contribution in [-0.4, -0.2) is 17.6 Å². The Kier molecular flexibility index (Phi) is 5.56. The summed E-state index contributed by atoms with van der Waals surface area (Å²) in [6.07, 6.45) is 0.942. The first-order valence-electron chi connectivity index (χ1n) is 6.79. The molecule has 0 radical (unpaired) electrons. The van der Waals surface area contributed by atoms with E-state index in [1.807, 2.05) is 36.4 Å². The summed E-state index contributed by atoms with van der Waals surface area (Å²) in [4.78, 5) is 14.0. The maximum Gasteiger partial charge on any atom is 0.261 e. The molecule has 0 spiro atoms. The molecule has 0 aliphatic heterocycles. The van der Waals surface area contributed by atoms with Gasteiger partial charge in [-0.15, -0.1) is 11.3 Å². The fourth-order valence-electron chi connectivity index (χ4n) is 1.88. The minimum Gasteiger partial charge on any atom is -0.384 e. The number of aliphatic hydroxyl groups is 1. The summed E-state index contributed by atoms with van der Waals surface area (Å²) in [7, 11) is 0. The van der Waals surface area contributed by atoms with Crippen molar-refractivity contribution in [2.45, 2.75) is 19.9 Å². The maximum absolute atomic E-state index is 12.1. The second-order valence-corrected chi connectivity index (χ2v) is 5.59. The van der Waals surface area contributed by atoms with Crippen molar-refractivity contribution >= 4 is 17.2 Å². The highest BCUT2D eigenvalue weighted by atomic mass is 32.1. The number of aliphatic hydroxyl groups excluding tert-OH is 1. The summed E-state index contributed by atoms with van der Waals surface area (Å²) in [5, 5.41) is 11.7. The average molecular weight is 299 g/mol. The number of hydrogen-bond donors (Lipinski definition) is 2. The van der Waals surface area contributed by atoms with Crippen molar-refractivity contribution in [3.8, 4) is 11.8 Å². The fraction of sp³-hybridized carbons (Fsp3) is 0.235. The van der Waals surface area contributed by atoms with Gasteiger partial charge in [-0.3, -0.25) is 4.79 Å². The number of rotatable bonds is 4. The molecule has 0 aliphatic carbocycles. The number of thiophene rings is 1. The lowest BCUT2D eigenvalue weighted by Gasteiger charge is -2.06. The van der Waals surface area contributed by atoms with Crippen LogP contribution in [-0.2, 0) is 13.0 Å². The summed E-state index contributed by atoms with van der Waals surface area (Å²) >= 11 is 1.52. The normalized spacial score (nSPS) is 9.81. The number of nitrogens with one attached hydrogen (secondary N) is 1. The third kappa shape index (κ3) is 4.19. The summed E-state index contributed by atoms with van der Waals surface area (Å²) in [6.45, 7) is 2.33. The van der Waals surface area contributed by atoms with Crippen molar-refractivity contribution in [2.24, 2.45) is 0 Å². The molecule has 0 bridgehead atoms. The van der Waals surface area contributed by atoms with Gasteiger partial charge in [0.05, 0.1) is 4.88 Å². The highest BCUT2D eigenvalue weighted by Gasteiger charge is 2.09. The van der Waals surface area contributed by atoms with Crippen molar-refractivity contribution in [3.63, 3.8) is 0 Å². The van der Waals surface area contributed by atoms with Crippen LogP contribution < -0.4 is 5.32 Å². The lowest BCUT2D eigenvalue weighted by atomic mass is 10.1. The topological polar surface area (TPSA) is 49.3 Å². The Bertz CT molecular complexity index is 679.